The van der Waals surface area contributed by atoms with Crippen molar-refractivity contribution in [1.82, 2.24) is 4.98 Å². The number of fused-ring (bicyclic) bond motifs is 1. The summed E-state index contributed by atoms with van der Waals surface area (Å²) in [6, 6.07) is 18.6. The van der Waals surface area contributed by atoms with Crippen LogP contribution in [-0.4, -0.2) is 4.98 Å². The minimum atomic E-state index is 0.569. The number of nitrogens with zero attached hydrogens (tertiary/aromatic N) is 1. The number of aryl methyl sites for hydroxylation is 1. The Bertz CT molecular complexity index is 768. The van der Waals surface area contributed by atoms with Crippen molar-refractivity contribution in [3.05, 3.63) is 71.4 Å². The molecule has 1 heterocycles. The fraction of sp³-hybridized carbons (Fsp3) is 0.211. The van der Waals surface area contributed by atoms with Crippen LogP contribution in [0, 0.1) is 0 Å². The van der Waals surface area contributed by atoms with Crippen LogP contribution >= 0.6 is 15.9 Å². The summed E-state index contributed by atoms with van der Waals surface area (Å²) < 4.78 is 6.07. The fourth-order valence-electron chi connectivity index (χ4n) is 2.38. The van der Waals surface area contributed by atoms with Crippen LogP contribution in [0.4, 0.5) is 0 Å². The molecule has 0 aliphatic rings. The van der Waals surface area contributed by atoms with Crippen LogP contribution in [0.5, 0.6) is 5.75 Å². The molecule has 22 heavy (non-hydrogen) atoms. The normalized spacial score (nSPS) is 10.8. The van der Waals surface area contributed by atoms with Gasteiger partial charge in [0.1, 0.15) is 12.4 Å². The zero-order valence-electron chi connectivity index (χ0n) is 12.6. The number of rotatable bonds is 5. The molecule has 112 valence electrons. The zero-order valence-corrected chi connectivity index (χ0v) is 14.1. The number of halogens is 1. The van der Waals surface area contributed by atoms with Gasteiger partial charge in [0.2, 0.25) is 0 Å². The summed E-state index contributed by atoms with van der Waals surface area (Å²) in [6.07, 6.45) is 0.904. The lowest BCUT2D eigenvalue weighted by molar-refractivity contribution is 0.309. The van der Waals surface area contributed by atoms with Crippen molar-refractivity contribution in [2.75, 3.05) is 0 Å². The van der Waals surface area contributed by atoms with Gasteiger partial charge in [-0.1, -0.05) is 59.3 Å². The van der Waals surface area contributed by atoms with E-state index in [4.69, 9.17) is 4.74 Å². The quantitative estimate of drug-likeness (QED) is 0.581. The Balaban J connectivity index is 1.86. The summed E-state index contributed by atoms with van der Waals surface area (Å²) in [5, 5.41) is 1.94. The van der Waals surface area contributed by atoms with E-state index in [-0.39, 0.29) is 0 Å². The van der Waals surface area contributed by atoms with E-state index in [1.165, 1.54) is 11.1 Å². The first-order valence-electron chi connectivity index (χ1n) is 7.45. The molecule has 0 amide bonds. The Hall–Kier alpha value is -1.87. The Kier molecular flexibility index (Phi) is 4.74. The molecule has 0 saturated heterocycles. The molecule has 0 atom stereocenters. The Morgan fingerprint density at radius 1 is 1.00 bits per heavy atom. The molecule has 0 bridgehead atoms. The maximum absolute atomic E-state index is 6.07. The largest absolute Gasteiger partial charge is 0.488 e. The van der Waals surface area contributed by atoms with Crippen molar-refractivity contribution in [2.24, 2.45) is 0 Å². The van der Waals surface area contributed by atoms with Gasteiger partial charge in [0.05, 0.1) is 5.52 Å². The summed E-state index contributed by atoms with van der Waals surface area (Å²) in [5.41, 5.74) is 4.49. The van der Waals surface area contributed by atoms with E-state index in [1.807, 2.05) is 18.2 Å². The van der Waals surface area contributed by atoms with Gasteiger partial charge in [-0.3, -0.25) is 4.98 Å². The maximum Gasteiger partial charge on any atom is 0.131 e. The highest BCUT2D eigenvalue weighted by atomic mass is 79.9. The molecule has 0 aliphatic carbocycles. The minimum absolute atomic E-state index is 0.569. The highest BCUT2D eigenvalue weighted by Gasteiger charge is 2.06. The van der Waals surface area contributed by atoms with Crippen LogP contribution < -0.4 is 4.74 Å². The lowest BCUT2D eigenvalue weighted by Gasteiger charge is -2.11. The predicted molar refractivity (Wildman–Crippen MR) is 94.5 cm³/mol. The van der Waals surface area contributed by atoms with Gasteiger partial charge in [0.25, 0.3) is 0 Å². The SMILES string of the molecule is CCc1cc(OCc2ccc(CBr)cc2)c2ccccc2n1. The number of ether oxygens (including phenoxy) is 1. The highest BCUT2D eigenvalue weighted by molar-refractivity contribution is 9.08. The highest BCUT2D eigenvalue weighted by Crippen LogP contribution is 2.26. The number of alkyl halides is 1. The van der Waals surface area contributed by atoms with Crippen LogP contribution in [0.3, 0.4) is 0 Å². The molecule has 2 nitrogen and oxygen atoms in total. The molecule has 3 heteroatoms. The topological polar surface area (TPSA) is 22.1 Å². The molecule has 1 aromatic heterocycles. The first-order chi connectivity index (χ1) is 10.8. The standard InChI is InChI=1S/C19H18BrNO/c1-2-16-11-19(17-5-3-4-6-18(17)21-16)22-13-15-9-7-14(12-20)8-10-15/h3-11H,2,12-13H2,1H3. The summed E-state index contributed by atoms with van der Waals surface area (Å²) in [5.74, 6) is 0.909. The van der Waals surface area contributed by atoms with E-state index >= 15 is 0 Å². The molecule has 0 fully saturated rings. The van der Waals surface area contributed by atoms with Crippen LogP contribution in [0.15, 0.2) is 54.6 Å². The molecule has 3 rings (SSSR count). The summed E-state index contributed by atoms with van der Waals surface area (Å²) in [7, 11) is 0. The van der Waals surface area contributed by atoms with Gasteiger partial charge < -0.3 is 4.74 Å². The van der Waals surface area contributed by atoms with Gasteiger partial charge in [0, 0.05) is 22.5 Å². The smallest absolute Gasteiger partial charge is 0.131 e. The van der Waals surface area contributed by atoms with Crippen LogP contribution in [0.1, 0.15) is 23.7 Å². The number of benzene rings is 2. The molecule has 0 radical (unpaired) electrons. The van der Waals surface area contributed by atoms with Crippen molar-refractivity contribution < 1.29 is 4.74 Å². The third-order valence-corrected chi connectivity index (χ3v) is 4.31. The predicted octanol–water partition coefficient (Wildman–Crippen LogP) is 5.27. The van der Waals surface area contributed by atoms with Crippen molar-refractivity contribution in [2.45, 2.75) is 25.3 Å². The van der Waals surface area contributed by atoms with Crippen LogP contribution in [-0.2, 0) is 18.4 Å². The van der Waals surface area contributed by atoms with Crippen molar-refractivity contribution >= 4 is 26.8 Å². The first kappa shape index (κ1) is 15.0. The third-order valence-electron chi connectivity index (χ3n) is 3.67. The minimum Gasteiger partial charge on any atom is -0.488 e. The molecule has 2 aromatic carbocycles. The van der Waals surface area contributed by atoms with Gasteiger partial charge in [0.15, 0.2) is 0 Å². The van der Waals surface area contributed by atoms with E-state index in [0.717, 1.165) is 34.1 Å². The van der Waals surface area contributed by atoms with Crippen LogP contribution in [0.2, 0.25) is 0 Å². The van der Waals surface area contributed by atoms with Crippen LogP contribution in [0.25, 0.3) is 10.9 Å². The van der Waals surface area contributed by atoms with Gasteiger partial charge in [-0.15, -0.1) is 0 Å². The van der Waals surface area contributed by atoms with E-state index in [2.05, 4.69) is 64.2 Å². The Morgan fingerprint density at radius 2 is 1.73 bits per heavy atom. The van der Waals surface area contributed by atoms with Gasteiger partial charge >= 0.3 is 0 Å². The second-order valence-corrected chi connectivity index (χ2v) is 5.78. The van der Waals surface area contributed by atoms with Crippen molar-refractivity contribution in [1.29, 1.82) is 0 Å². The molecule has 0 N–H and O–H groups in total. The zero-order chi connectivity index (χ0) is 15.4. The molecule has 0 spiro atoms. The van der Waals surface area contributed by atoms with E-state index in [0.29, 0.717) is 6.61 Å². The number of aromatic nitrogens is 1. The van der Waals surface area contributed by atoms with Crippen molar-refractivity contribution in [3.63, 3.8) is 0 Å². The Morgan fingerprint density at radius 3 is 2.45 bits per heavy atom. The van der Waals surface area contributed by atoms with Gasteiger partial charge in [-0.05, 0) is 29.7 Å². The van der Waals surface area contributed by atoms with Crippen molar-refractivity contribution in [3.8, 4) is 5.75 Å². The maximum atomic E-state index is 6.07. The average molecular weight is 356 g/mol. The fourth-order valence-corrected chi connectivity index (χ4v) is 2.76. The number of pyridine rings is 1. The molecular formula is C19H18BrNO. The first-order valence-corrected chi connectivity index (χ1v) is 8.57. The van der Waals surface area contributed by atoms with E-state index in [1.54, 1.807) is 0 Å². The number of para-hydroxylation sites is 1. The average Bonchev–Trinajstić information content (AvgIpc) is 2.59. The lowest BCUT2D eigenvalue weighted by Crippen LogP contribution is -1.98. The molecular weight excluding hydrogens is 338 g/mol. The number of hydrogen-bond donors (Lipinski definition) is 0. The van der Waals surface area contributed by atoms with Gasteiger partial charge in [-0.25, -0.2) is 0 Å². The summed E-state index contributed by atoms with van der Waals surface area (Å²) in [4.78, 5) is 4.65. The van der Waals surface area contributed by atoms with Gasteiger partial charge in [-0.2, -0.15) is 0 Å². The second-order valence-electron chi connectivity index (χ2n) is 5.22. The third kappa shape index (κ3) is 3.30. The van der Waals surface area contributed by atoms with E-state index < -0.39 is 0 Å². The monoisotopic (exact) mass is 355 g/mol. The Labute approximate surface area is 139 Å². The lowest BCUT2D eigenvalue weighted by atomic mass is 10.1. The molecule has 3 aromatic rings. The second kappa shape index (κ2) is 6.93. The van der Waals surface area contributed by atoms with E-state index in [9.17, 15) is 0 Å². The molecule has 0 aliphatic heterocycles. The summed E-state index contributed by atoms with van der Waals surface area (Å²) >= 11 is 3.46. The number of hydrogen-bond acceptors (Lipinski definition) is 2. The molecule has 0 unspecified atom stereocenters. The summed E-state index contributed by atoms with van der Waals surface area (Å²) in [6.45, 7) is 2.68. The molecule has 0 saturated carbocycles.